The Bertz CT molecular complexity index is 386. The van der Waals surface area contributed by atoms with Crippen LogP contribution in [0.4, 0.5) is 5.82 Å². The molecular formula is C13H20ClN3O. The van der Waals surface area contributed by atoms with E-state index < -0.39 is 0 Å². The van der Waals surface area contributed by atoms with Crippen molar-refractivity contribution < 1.29 is 4.74 Å². The van der Waals surface area contributed by atoms with Crippen LogP contribution in [0.2, 0.25) is 0 Å². The van der Waals surface area contributed by atoms with Gasteiger partial charge in [-0.25, -0.2) is 9.97 Å². The second-order valence-electron chi connectivity index (χ2n) is 4.96. The molecule has 2 rings (SSSR count). The molecule has 0 radical (unpaired) electrons. The van der Waals surface area contributed by atoms with E-state index in [9.17, 15) is 0 Å². The smallest absolute Gasteiger partial charge is 0.218 e. The lowest BCUT2D eigenvalue weighted by molar-refractivity contribution is 0.232. The van der Waals surface area contributed by atoms with Gasteiger partial charge in [-0.15, -0.1) is 11.6 Å². The highest BCUT2D eigenvalue weighted by Crippen LogP contribution is 2.26. The number of alkyl halides is 1. The van der Waals surface area contributed by atoms with E-state index in [2.05, 4.69) is 15.3 Å². The van der Waals surface area contributed by atoms with Crippen LogP contribution in [0.1, 0.15) is 39.5 Å². The van der Waals surface area contributed by atoms with Crippen molar-refractivity contribution in [3.05, 3.63) is 12.4 Å². The topological polar surface area (TPSA) is 47.0 Å². The number of rotatable bonds is 4. The Morgan fingerprint density at radius 2 is 2.11 bits per heavy atom. The largest absolute Gasteiger partial charge is 0.475 e. The predicted octanol–water partition coefficient (Wildman–Crippen LogP) is 3.23. The third kappa shape index (κ3) is 3.73. The Balaban J connectivity index is 1.99. The molecule has 0 amide bonds. The summed E-state index contributed by atoms with van der Waals surface area (Å²) in [5.41, 5.74) is 0. The van der Waals surface area contributed by atoms with Crippen molar-refractivity contribution in [3.8, 4) is 5.88 Å². The molecule has 0 bridgehead atoms. The number of aromatic nitrogens is 2. The van der Waals surface area contributed by atoms with E-state index in [1.54, 1.807) is 0 Å². The van der Waals surface area contributed by atoms with Crippen LogP contribution in [0.15, 0.2) is 12.4 Å². The molecule has 1 heterocycles. The molecule has 4 nitrogen and oxygen atoms in total. The summed E-state index contributed by atoms with van der Waals surface area (Å²) in [5.74, 6) is 1.39. The van der Waals surface area contributed by atoms with Gasteiger partial charge in [-0.2, -0.15) is 0 Å². The van der Waals surface area contributed by atoms with Gasteiger partial charge in [0.05, 0.1) is 11.5 Å². The summed E-state index contributed by atoms with van der Waals surface area (Å²) in [6.07, 6.45) is 6.24. The van der Waals surface area contributed by atoms with Crippen LogP contribution in [0.25, 0.3) is 0 Å². The fourth-order valence-corrected chi connectivity index (χ4v) is 2.51. The molecule has 1 fully saturated rings. The summed E-state index contributed by atoms with van der Waals surface area (Å²) in [6, 6.07) is 2.13. The van der Waals surface area contributed by atoms with Crippen molar-refractivity contribution in [3.63, 3.8) is 0 Å². The molecule has 100 valence electrons. The number of nitrogens with zero attached hydrogens (tertiary/aromatic N) is 2. The summed E-state index contributed by atoms with van der Waals surface area (Å²) in [4.78, 5) is 8.30. The third-order valence-electron chi connectivity index (χ3n) is 3.01. The standard InChI is InChI=1S/C13H20ClN3O/c1-9(2)18-13-7-12(15-8-16-13)17-11-6-4-3-5-10(11)14/h7-11H,3-6H2,1-2H3,(H,15,16,17). The molecule has 18 heavy (non-hydrogen) atoms. The van der Waals surface area contributed by atoms with E-state index in [1.165, 1.54) is 19.2 Å². The number of hydrogen-bond donors (Lipinski definition) is 1. The van der Waals surface area contributed by atoms with E-state index in [0.29, 0.717) is 11.9 Å². The normalized spacial score (nSPS) is 24.0. The van der Waals surface area contributed by atoms with E-state index in [-0.39, 0.29) is 11.5 Å². The predicted molar refractivity (Wildman–Crippen MR) is 73.3 cm³/mol. The Hall–Kier alpha value is -1.03. The van der Waals surface area contributed by atoms with Gasteiger partial charge < -0.3 is 10.1 Å². The monoisotopic (exact) mass is 269 g/mol. The molecule has 1 aromatic rings. The summed E-state index contributed by atoms with van der Waals surface area (Å²) < 4.78 is 5.55. The quantitative estimate of drug-likeness (QED) is 0.853. The maximum Gasteiger partial charge on any atom is 0.218 e. The van der Waals surface area contributed by atoms with Crippen LogP contribution < -0.4 is 10.1 Å². The van der Waals surface area contributed by atoms with E-state index in [1.807, 2.05) is 19.9 Å². The molecule has 0 aromatic carbocycles. The lowest BCUT2D eigenvalue weighted by Crippen LogP contribution is -2.33. The highest BCUT2D eigenvalue weighted by molar-refractivity contribution is 6.21. The second-order valence-corrected chi connectivity index (χ2v) is 5.52. The average Bonchev–Trinajstić information content (AvgIpc) is 2.32. The lowest BCUT2D eigenvalue weighted by Gasteiger charge is -2.28. The Morgan fingerprint density at radius 1 is 1.33 bits per heavy atom. The molecule has 1 aliphatic carbocycles. The van der Waals surface area contributed by atoms with Crippen LogP contribution >= 0.6 is 11.6 Å². The van der Waals surface area contributed by atoms with Gasteiger partial charge in [0, 0.05) is 12.1 Å². The second kappa shape index (κ2) is 6.23. The molecular weight excluding hydrogens is 250 g/mol. The first-order valence-electron chi connectivity index (χ1n) is 6.54. The minimum atomic E-state index is 0.114. The molecule has 5 heteroatoms. The lowest BCUT2D eigenvalue weighted by atomic mass is 9.95. The minimum Gasteiger partial charge on any atom is -0.475 e. The highest BCUT2D eigenvalue weighted by atomic mass is 35.5. The Kier molecular flexibility index (Phi) is 4.64. The van der Waals surface area contributed by atoms with Crippen LogP contribution in [0.3, 0.4) is 0 Å². The number of anilines is 1. The van der Waals surface area contributed by atoms with Crippen molar-refractivity contribution >= 4 is 17.4 Å². The van der Waals surface area contributed by atoms with Crippen LogP contribution in [0, 0.1) is 0 Å². The minimum absolute atomic E-state index is 0.114. The van der Waals surface area contributed by atoms with Gasteiger partial charge in [0.15, 0.2) is 0 Å². The zero-order valence-electron chi connectivity index (χ0n) is 10.9. The van der Waals surface area contributed by atoms with Gasteiger partial charge in [-0.1, -0.05) is 12.8 Å². The summed E-state index contributed by atoms with van der Waals surface area (Å²) in [5, 5.41) is 3.56. The molecule has 1 N–H and O–H groups in total. The fraction of sp³-hybridized carbons (Fsp3) is 0.692. The van der Waals surface area contributed by atoms with Crippen molar-refractivity contribution in [2.24, 2.45) is 0 Å². The number of hydrogen-bond acceptors (Lipinski definition) is 4. The van der Waals surface area contributed by atoms with Gasteiger partial charge in [-0.3, -0.25) is 0 Å². The first kappa shape index (κ1) is 13.4. The zero-order valence-corrected chi connectivity index (χ0v) is 11.7. The molecule has 1 aliphatic rings. The third-order valence-corrected chi connectivity index (χ3v) is 3.54. The molecule has 1 saturated carbocycles. The summed E-state index contributed by atoms with van der Waals surface area (Å²) in [7, 11) is 0. The number of ether oxygens (including phenoxy) is 1. The molecule has 2 atom stereocenters. The van der Waals surface area contributed by atoms with Crippen LogP contribution in [-0.4, -0.2) is 27.5 Å². The maximum absolute atomic E-state index is 6.32. The number of halogens is 1. The average molecular weight is 270 g/mol. The Labute approximate surface area is 113 Å². The SMILES string of the molecule is CC(C)Oc1cc(NC2CCCCC2Cl)ncn1. The van der Waals surface area contributed by atoms with Crippen LogP contribution in [-0.2, 0) is 0 Å². The molecule has 2 unspecified atom stereocenters. The van der Waals surface area contributed by atoms with Gasteiger partial charge in [0.1, 0.15) is 12.1 Å². The van der Waals surface area contributed by atoms with Crippen molar-refractivity contribution in [2.45, 2.75) is 57.1 Å². The summed E-state index contributed by atoms with van der Waals surface area (Å²) >= 11 is 6.32. The van der Waals surface area contributed by atoms with Gasteiger partial charge in [-0.05, 0) is 26.7 Å². The van der Waals surface area contributed by atoms with Gasteiger partial charge in [0.25, 0.3) is 0 Å². The van der Waals surface area contributed by atoms with E-state index in [4.69, 9.17) is 16.3 Å². The summed E-state index contributed by atoms with van der Waals surface area (Å²) in [6.45, 7) is 3.95. The van der Waals surface area contributed by atoms with E-state index in [0.717, 1.165) is 18.7 Å². The van der Waals surface area contributed by atoms with E-state index >= 15 is 0 Å². The zero-order chi connectivity index (χ0) is 13.0. The molecule has 0 aliphatic heterocycles. The fourth-order valence-electron chi connectivity index (χ4n) is 2.16. The first-order chi connectivity index (χ1) is 8.65. The van der Waals surface area contributed by atoms with Gasteiger partial charge in [0.2, 0.25) is 5.88 Å². The highest BCUT2D eigenvalue weighted by Gasteiger charge is 2.23. The molecule has 0 spiro atoms. The van der Waals surface area contributed by atoms with Crippen molar-refractivity contribution in [1.29, 1.82) is 0 Å². The first-order valence-corrected chi connectivity index (χ1v) is 6.98. The maximum atomic E-state index is 6.32. The number of nitrogens with one attached hydrogen (secondary N) is 1. The molecule has 1 aromatic heterocycles. The van der Waals surface area contributed by atoms with Crippen molar-refractivity contribution in [2.75, 3.05) is 5.32 Å². The molecule has 0 saturated heterocycles. The Morgan fingerprint density at radius 3 is 2.83 bits per heavy atom. The van der Waals surface area contributed by atoms with Crippen LogP contribution in [0.5, 0.6) is 5.88 Å². The van der Waals surface area contributed by atoms with Gasteiger partial charge >= 0.3 is 0 Å². The van der Waals surface area contributed by atoms with Crippen molar-refractivity contribution in [1.82, 2.24) is 9.97 Å².